The summed E-state index contributed by atoms with van der Waals surface area (Å²) < 4.78 is 16.5. The minimum absolute atomic E-state index is 0.0688. The predicted molar refractivity (Wildman–Crippen MR) is 170 cm³/mol. The summed E-state index contributed by atoms with van der Waals surface area (Å²) in [6, 6.07) is 7.20. The topological polar surface area (TPSA) is 117 Å². The first-order valence-electron chi connectivity index (χ1n) is 14.9. The van der Waals surface area contributed by atoms with Crippen molar-refractivity contribution in [3.8, 4) is 16.9 Å². The average molecular weight is 622 g/mol. The van der Waals surface area contributed by atoms with Crippen molar-refractivity contribution < 1.29 is 14.3 Å². The summed E-state index contributed by atoms with van der Waals surface area (Å²) in [7, 11) is 0. The van der Waals surface area contributed by atoms with Crippen molar-refractivity contribution in [1.82, 2.24) is 29.4 Å². The molecular formula is C32H37ClFN7O3. The molecular weight excluding hydrogens is 585 g/mol. The lowest BCUT2D eigenvalue weighted by molar-refractivity contribution is 0.114. The number of carboxylic acid groups (broad SMARTS) is 1. The maximum absolute atomic E-state index is 15.1. The molecule has 4 aromatic rings. The van der Waals surface area contributed by atoms with Crippen molar-refractivity contribution in [1.29, 1.82) is 0 Å². The van der Waals surface area contributed by atoms with Gasteiger partial charge in [0.15, 0.2) is 5.65 Å². The van der Waals surface area contributed by atoms with E-state index in [0.29, 0.717) is 47.1 Å². The summed E-state index contributed by atoms with van der Waals surface area (Å²) in [5, 5.41) is 10.4. The molecule has 12 heteroatoms. The normalized spacial score (nSPS) is 17.2. The number of aromatic nitrogens is 5. The van der Waals surface area contributed by atoms with Gasteiger partial charge < -0.3 is 14.9 Å². The summed E-state index contributed by atoms with van der Waals surface area (Å²) >= 11 is 6.82. The van der Waals surface area contributed by atoms with Crippen LogP contribution in [0.1, 0.15) is 77.5 Å². The second kappa shape index (κ2) is 12.1. The molecule has 1 aliphatic rings. The van der Waals surface area contributed by atoms with E-state index in [2.05, 4.69) is 4.98 Å². The molecule has 1 fully saturated rings. The van der Waals surface area contributed by atoms with Gasteiger partial charge in [0.2, 0.25) is 0 Å². The minimum atomic E-state index is -1.01. The molecule has 1 aliphatic heterocycles. The Kier molecular flexibility index (Phi) is 8.62. The minimum Gasteiger partial charge on any atom is -0.465 e. The summed E-state index contributed by atoms with van der Waals surface area (Å²) in [6.45, 7) is 14.2. The standard InChI is InChI=1S/C32H37ClFN7O3/c1-8-24-35-25(16(2)3)28(26(36-24)17(4)5)41-30-21(13-22(33)27(37-30)20-11-9-10-12-23(20)34)29(38-31(41)42)39-14-19(7)40(32(43)44)15-18(39)6/h9-13,16-19H,8,14-15H2,1-7H3,(H,43,44)/t18-,19+/m0/s1. The first-order valence-corrected chi connectivity index (χ1v) is 15.3. The number of carbonyl (C=O) groups is 1. The molecule has 0 radical (unpaired) electrons. The second-order valence-corrected chi connectivity index (χ2v) is 12.3. The van der Waals surface area contributed by atoms with Crippen LogP contribution in [0.2, 0.25) is 5.02 Å². The Morgan fingerprint density at radius 1 is 1.02 bits per heavy atom. The second-order valence-electron chi connectivity index (χ2n) is 11.9. The average Bonchev–Trinajstić information content (AvgIpc) is 2.97. The number of benzene rings is 1. The van der Waals surface area contributed by atoms with E-state index in [4.69, 9.17) is 26.6 Å². The van der Waals surface area contributed by atoms with Gasteiger partial charge in [-0.15, -0.1) is 0 Å². The maximum Gasteiger partial charge on any atom is 0.407 e. The monoisotopic (exact) mass is 621 g/mol. The number of rotatable bonds is 6. The lowest BCUT2D eigenvalue weighted by Gasteiger charge is -2.43. The van der Waals surface area contributed by atoms with Crippen LogP contribution in [0.5, 0.6) is 0 Å². The Morgan fingerprint density at radius 2 is 1.66 bits per heavy atom. The highest BCUT2D eigenvalue weighted by atomic mass is 35.5. The van der Waals surface area contributed by atoms with Gasteiger partial charge in [0, 0.05) is 37.2 Å². The molecule has 10 nitrogen and oxygen atoms in total. The zero-order chi connectivity index (χ0) is 32.0. The van der Waals surface area contributed by atoms with Crippen molar-refractivity contribution in [2.45, 2.75) is 78.8 Å². The van der Waals surface area contributed by atoms with Gasteiger partial charge in [-0.25, -0.2) is 33.5 Å². The largest absolute Gasteiger partial charge is 0.465 e. The molecule has 232 valence electrons. The van der Waals surface area contributed by atoms with Crippen LogP contribution in [0.4, 0.5) is 15.0 Å². The van der Waals surface area contributed by atoms with Crippen LogP contribution in [0, 0.1) is 5.82 Å². The Balaban J connectivity index is 1.90. The van der Waals surface area contributed by atoms with E-state index in [1.807, 2.05) is 53.4 Å². The van der Waals surface area contributed by atoms with Gasteiger partial charge in [-0.3, -0.25) is 0 Å². The van der Waals surface area contributed by atoms with Gasteiger partial charge in [-0.05, 0) is 43.9 Å². The fourth-order valence-electron chi connectivity index (χ4n) is 5.79. The fourth-order valence-corrected chi connectivity index (χ4v) is 6.04. The zero-order valence-electron chi connectivity index (χ0n) is 26.0. The number of pyridine rings is 1. The summed E-state index contributed by atoms with van der Waals surface area (Å²) in [5.74, 6) is 0.369. The molecule has 0 bridgehead atoms. The molecule has 0 spiro atoms. The molecule has 5 rings (SSSR count). The predicted octanol–water partition coefficient (Wildman–Crippen LogP) is 6.42. The fraction of sp³-hybridized carbons (Fsp3) is 0.438. The van der Waals surface area contributed by atoms with Crippen molar-refractivity contribution >= 4 is 34.5 Å². The Bertz CT molecular complexity index is 1780. The van der Waals surface area contributed by atoms with Gasteiger partial charge in [-0.1, -0.05) is 58.4 Å². The summed E-state index contributed by atoms with van der Waals surface area (Å²) in [6.07, 6.45) is -0.384. The Labute approximate surface area is 260 Å². The molecule has 1 aromatic carbocycles. The molecule has 4 heterocycles. The van der Waals surface area contributed by atoms with Crippen LogP contribution in [0.25, 0.3) is 28.0 Å². The third-order valence-electron chi connectivity index (χ3n) is 8.05. The molecule has 44 heavy (non-hydrogen) atoms. The number of nitrogens with zero attached hydrogens (tertiary/aromatic N) is 7. The lowest BCUT2D eigenvalue weighted by atomic mass is 10.0. The van der Waals surface area contributed by atoms with Crippen LogP contribution in [0.3, 0.4) is 0 Å². The third kappa shape index (κ3) is 5.49. The number of hydrogen-bond acceptors (Lipinski definition) is 7. The zero-order valence-corrected chi connectivity index (χ0v) is 26.7. The van der Waals surface area contributed by atoms with E-state index >= 15 is 4.39 Å². The van der Waals surface area contributed by atoms with E-state index < -0.39 is 17.6 Å². The molecule has 0 saturated carbocycles. The van der Waals surface area contributed by atoms with Crippen LogP contribution >= 0.6 is 11.6 Å². The molecule has 1 N–H and O–H groups in total. The first kappa shape index (κ1) is 31.3. The van der Waals surface area contributed by atoms with Gasteiger partial charge in [0.1, 0.15) is 17.5 Å². The van der Waals surface area contributed by atoms with E-state index in [0.717, 1.165) is 0 Å². The van der Waals surface area contributed by atoms with Crippen molar-refractivity contribution in [2.24, 2.45) is 0 Å². The van der Waals surface area contributed by atoms with E-state index in [1.165, 1.54) is 15.5 Å². The quantitative estimate of drug-likeness (QED) is 0.262. The van der Waals surface area contributed by atoms with Gasteiger partial charge in [0.05, 0.1) is 33.2 Å². The van der Waals surface area contributed by atoms with Crippen LogP contribution in [-0.4, -0.2) is 65.8 Å². The molecule has 1 amide bonds. The molecule has 3 aromatic heterocycles. The van der Waals surface area contributed by atoms with Crippen LogP contribution < -0.4 is 10.6 Å². The third-order valence-corrected chi connectivity index (χ3v) is 8.34. The van der Waals surface area contributed by atoms with Gasteiger partial charge in [0.25, 0.3) is 0 Å². The van der Waals surface area contributed by atoms with E-state index in [1.54, 1.807) is 24.3 Å². The van der Waals surface area contributed by atoms with Crippen molar-refractivity contribution in [3.63, 3.8) is 0 Å². The summed E-state index contributed by atoms with van der Waals surface area (Å²) in [5.41, 5.74) is 1.88. The Morgan fingerprint density at radius 3 is 2.23 bits per heavy atom. The molecule has 1 saturated heterocycles. The number of fused-ring (bicyclic) bond motifs is 1. The molecule has 0 aliphatic carbocycles. The lowest BCUT2D eigenvalue weighted by Crippen LogP contribution is -2.58. The number of anilines is 1. The number of piperazine rings is 1. The van der Waals surface area contributed by atoms with Crippen molar-refractivity contribution in [3.05, 3.63) is 68.9 Å². The number of amides is 1. The van der Waals surface area contributed by atoms with Gasteiger partial charge >= 0.3 is 11.8 Å². The number of halogens is 2. The SMILES string of the molecule is CCc1nc(C(C)C)c(-n2c(=O)nc(N3C[C@@H](C)N(C(=O)O)C[C@@H]3C)c3cc(Cl)c(-c4ccccc4F)nc32)c(C(C)C)n1. The van der Waals surface area contributed by atoms with Crippen LogP contribution in [0.15, 0.2) is 35.1 Å². The first-order chi connectivity index (χ1) is 20.8. The highest BCUT2D eigenvalue weighted by molar-refractivity contribution is 6.33. The number of hydrogen-bond donors (Lipinski definition) is 1. The van der Waals surface area contributed by atoms with Gasteiger partial charge in [-0.2, -0.15) is 4.98 Å². The molecule has 2 atom stereocenters. The van der Waals surface area contributed by atoms with Crippen LogP contribution in [-0.2, 0) is 6.42 Å². The maximum atomic E-state index is 15.1. The summed E-state index contributed by atoms with van der Waals surface area (Å²) in [4.78, 5) is 48.6. The molecule has 0 unspecified atom stereocenters. The van der Waals surface area contributed by atoms with E-state index in [9.17, 15) is 14.7 Å². The highest BCUT2D eigenvalue weighted by Gasteiger charge is 2.35. The van der Waals surface area contributed by atoms with E-state index in [-0.39, 0.29) is 52.4 Å². The van der Waals surface area contributed by atoms with Crippen molar-refractivity contribution in [2.75, 3.05) is 18.0 Å². The smallest absolute Gasteiger partial charge is 0.407 e. The number of aryl methyl sites for hydroxylation is 1. The highest BCUT2D eigenvalue weighted by Crippen LogP contribution is 2.37. The Hall–Kier alpha value is -4.12.